The molecule has 3 rings (SSSR count). The van der Waals surface area contributed by atoms with Gasteiger partial charge in [-0.1, -0.05) is 67.6 Å². The molecule has 3 aromatic carbocycles. The van der Waals surface area contributed by atoms with E-state index in [-0.39, 0.29) is 11.4 Å². The van der Waals surface area contributed by atoms with Crippen LogP contribution in [0.4, 0.5) is 10.1 Å². The second kappa shape index (κ2) is 9.48. The lowest BCUT2D eigenvalue weighted by Gasteiger charge is -2.09. The molecule has 1 amide bonds. The average molecular weight is 384 g/mol. The zero-order chi connectivity index (χ0) is 20.6. The molecule has 0 saturated carbocycles. The highest BCUT2D eigenvalue weighted by Crippen LogP contribution is 2.18. The maximum Gasteiger partial charge on any atom is 0.266 e. The number of anilines is 1. The van der Waals surface area contributed by atoms with Crippen molar-refractivity contribution >= 4 is 17.7 Å². The Balaban J connectivity index is 1.74. The molecule has 0 heterocycles. The van der Waals surface area contributed by atoms with Gasteiger partial charge in [0.15, 0.2) is 0 Å². The summed E-state index contributed by atoms with van der Waals surface area (Å²) in [6, 6.07) is 23.6. The van der Waals surface area contributed by atoms with Crippen LogP contribution in [-0.4, -0.2) is 5.91 Å². The molecule has 29 heavy (non-hydrogen) atoms. The van der Waals surface area contributed by atoms with Crippen molar-refractivity contribution in [2.75, 3.05) is 5.32 Å². The number of carbonyl (C=O) groups excluding carboxylic acids is 1. The van der Waals surface area contributed by atoms with Crippen molar-refractivity contribution in [1.82, 2.24) is 0 Å². The molecule has 0 aliphatic heterocycles. The molecular weight excluding hydrogens is 363 g/mol. The van der Waals surface area contributed by atoms with Crippen molar-refractivity contribution in [2.45, 2.75) is 19.8 Å². The maximum absolute atomic E-state index is 13.8. The van der Waals surface area contributed by atoms with Crippen molar-refractivity contribution in [3.05, 3.63) is 106 Å². The first-order valence-corrected chi connectivity index (χ1v) is 9.44. The largest absolute Gasteiger partial charge is 0.321 e. The first kappa shape index (κ1) is 20.0. The van der Waals surface area contributed by atoms with Crippen molar-refractivity contribution in [1.29, 1.82) is 5.26 Å². The van der Waals surface area contributed by atoms with Gasteiger partial charge in [0.05, 0.1) is 0 Å². The third-order valence-electron chi connectivity index (χ3n) is 4.65. The van der Waals surface area contributed by atoms with Gasteiger partial charge < -0.3 is 5.32 Å². The van der Waals surface area contributed by atoms with Crippen LogP contribution in [0.1, 0.15) is 29.2 Å². The lowest BCUT2D eigenvalue weighted by molar-refractivity contribution is -0.112. The summed E-state index contributed by atoms with van der Waals surface area (Å²) >= 11 is 0. The number of hydrogen-bond acceptors (Lipinski definition) is 2. The van der Waals surface area contributed by atoms with Crippen molar-refractivity contribution in [2.24, 2.45) is 0 Å². The topological polar surface area (TPSA) is 52.9 Å². The van der Waals surface area contributed by atoms with Crippen LogP contribution in [0.5, 0.6) is 0 Å². The Hall–Kier alpha value is -3.71. The fourth-order valence-electron chi connectivity index (χ4n) is 3.05. The summed E-state index contributed by atoms with van der Waals surface area (Å²) in [4.78, 5) is 12.5. The first-order chi connectivity index (χ1) is 14.1. The summed E-state index contributed by atoms with van der Waals surface area (Å²) in [6.45, 7) is 2.01. The average Bonchev–Trinajstić information content (AvgIpc) is 2.75. The number of para-hydroxylation sites is 1. The third kappa shape index (κ3) is 5.18. The zero-order valence-corrected chi connectivity index (χ0v) is 16.2. The highest BCUT2D eigenvalue weighted by atomic mass is 19.1. The van der Waals surface area contributed by atoms with Gasteiger partial charge in [-0.05, 0) is 46.9 Å². The Morgan fingerprint density at radius 1 is 1.00 bits per heavy atom. The van der Waals surface area contributed by atoms with Gasteiger partial charge in [0.25, 0.3) is 5.91 Å². The predicted octanol–water partition coefficient (Wildman–Crippen LogP) is 5.52. The van der Waals surface area contributed by atoms with Crippen LogP contribution in [0.15, 0.2) is 78.4 Å². The highest BCUT2D eigenvalue weighted by molar-refractivity contribution is 6.09. The van der Waals surface area contributed by atoms with Gasteiger partial charge in [-0.15, -0.1) is 0 Å². The number of aryl methyl sites for hydroxylation is 1. The van der Waals surface area contributed by atoms with Crippen LogP contribution in [0.2, 0.25) is 0 Å². The van der Waals surface area contributed by atoms with E-state index in [1.807, 2.05) is 67.6 Å². The summed E-state index contributed by atoms with van der Waals surface area (Å²) < 4.78 is 13.8. The number of nitriles is 1. The van der Waals surface area contributed by atoms with Crippen LogP contribution in [-0.2, 0) is 17.6 Å². The SMILES string of the molecule is CCc1ccccc1NC(=O)/C(C#N)=C/c1ccc(Cc2ccccc2F)cc1. The molecular formula is C25H21FN2O. The lowest BCUT2D eigenvalue weighted by atomic mass is 10.0. The van der Waals surface area contributed by atoms with Crippen LogP contribution in [0.3, 0.4) is 0 Å². The molecule has 1 N–H and O–H groups in total. The summed E-state index contributed by atoms with van der Waals surface area (Å²) in [5.41, 5.74) is 4.06. The maximum atomic E-state index is 13.8. The third-order valence-corrected chi connectivity index (χ3v) is 4.65. The lowest BCUT2D eigenvalue weighted by Crippen LogP contribution is -2.14. The molecule has 0 fully saturated rings. The van der Waals surface area contributed by atoms with E-state index in [2.05, 4.69) is 5.32 Å². The Morgan fingerprint density at radius 2 is 1.66 bits per heavy atom. The van der Waals surface area contributed by atoms with Crippen LogP contribution < -0.4 is 5.32 Å². The van der Waals surface area contributed by atoms with Gasteiger partial charge in [0.2, 0.25) is 0 Å². The van der Waals surface area contributed by atoms with E-state index in [0.29, 0.717) is 17.7 Å². The molecule has 0 unspecified atom stereocenters. The summed E-state index contributed by atoms with van der Waals surface area (Å²) in [7, 11) is 0. The molecule has 0 aliphatic rings. The molecule has 0 aliphatic carbocycles. The summed E-state index contributed by atoms with van der Waals surface area (Å²) in [5.74, 6) is -0.670. The predicted molar refractivity (Wildman–Crippen MR) is 114 cm³/mol. The van der Waals surface area contributed by atoms with Gasteiger partial charge in [-0.25, -0.2) is 4.39 Å². The van der Waals surface area contributed by atoms with E-state index in [9.17, 15) is 14.4 Å². The fourth-order valence-corrected chi connectivity index (χ4v) is 3.05. The number of carbonyl (C=O) groups is 1. The molecule has 3 aromatic rings. The Morgan fingerprint density at radius 3 is 2.31 bits per heavy atom. The van der Waals surface area contributed by atoms with Crippen molar-refractivity contribution in [3.63, 3.8) is 0 Å². The molecule has 0 atom stereocenters. The van der Waals surface area contributed by atoms with Crippen LogP contribution in [0.25, 0.3) is 6.08 Å². The number of rotatable bonds is 6. The van der Waals surface area contributed by atoms with Gasteiger partial charge in [0, 0.05) is 12.1 Å². The monoisotopic (exact) mass is 384 g/mol. The standard InChI is InChI=1S/C25H21FN2O/c1-2-20-7-4-6-10-24(20)28-25(29)22(17-27)16-19-13-11-18(12-14-19)15-21-8-3-5-9-23(21)26/h3-14,16H,2,15H2,1H3,(H,28,29)/b22-16+. The molecule has 0 aromatic heterocycles. The second-order valence-electron chi connectivity index (χ2n) is 6.64. The quantitative estimate of drug-likeness (QED) is 0.449. The van der Waals surface area contributed by atoms with E-state index < -0.39 is 5.91 Å². The minimum atomic E-state index is -0.441. The summed E-state index contributed by atoms with van der Waals surface area (Å²) in [5, 5.41) is 12.2. The zero-order valence-electron chi connectivity index (χ0n) is 16.2. The Kier molecular flexibility index (Phi) is 6.55. The highest BCUT2D eigenvalue weighted by Gasteiger charge is 2.11. The summed E-state index contributed by atoms with van der Waals surface area (Å²) in [6.07, 6.45) is 2.82. The molecule has 0 radical (unpaired) electrons. The Labute approximate surface area is 170 Å². The van der Waals surface area contributed by atoms with Gasteiger partial charge in [-0.3, -0.25) is 4.79 Å². The first-order valence-electron chi connectivity index (χ1n) is 9.44. The number of nitrogens with zero attached hydrogens (tertiary/aromatic N) is 1. The van der Waals surface area contributed by atoms with Gasteiger partial charge in [-0.2, -0.15) is 5.26 Å². The van der Waals surface area contributed by atoms with Crippen LogP contribution in [0, 0.1) is 17.1 Å². The van der Waals surface area contributed by atoms with Crippen molar-refractivity contribution < 1.29 is 9.18 Å². The molecule has 0 bridgehead atoms. The minimum absolute atomic E-state index is 0.0257. The van der Waals surface area contributed by atoms with E-state index in [1.54, 1.807) is 18.2 Å². The molecule has 144 valence electrons. The van der Waals surface area contributed by atoms with Crippen molar-refractivity contribution in [3.8, 4) is 6.07 Å². The fraction of sp³-hybridized carbons (Fsp3) is 0.120. The molecule has 0 saturated heterocycles. The number of nitrogens with one attached hydrogen (secondary N) is 1. The second-order valence-corrected chi connectivity index (χ2v) is 6.64. The number of hydrogen-bond donors (Lipinski definition) is 1. The van der Waals surface area contributed by atoms with E-state index in [4.69, 9.17) is 0 Å². The van der Waals surface area contributed by atoms with Gasteiger partial charge >= 0.3 is 0 Å². The van der Waals surface area contributed by atoms with Gasteiger partial charge in [0.1, 0.15) is 17.5 Å². The number of benzene rings is 3. The van der Waals surface area contributed by atoms with E-state index in [0.717, 1.165) is 23.1 Å². The Bertz CT molecular complexity index is 1080. The minimum Gasteiger partial charge on any atom is -0.321 e. The molecule has 4 heteroatoms. The van der Waals surface area contributed by atoms with E-state index in [1.165, 1.54) is 6.07 Å². The molecule has 3 nitrogen and oxygen atoms in total. The molecule has 0 spiro atoms. The number of halogens is 1. The smallest absolute Gasteiger partial charge is 0.266 e. The normalized spacial score (nSPS) is 11.0. The number of amides is 1. The van der Waals surface area contributed by atoms with E-state index >= 15 is 0 Å². The van der Waals surface area contributed by atoms with Crippen LogP contribution >= 0.6 is 0 Å².